The number of amides is 1. The molecule has 22 heavy (non-hydrogen) atoms. The minimum absolute atomic E-state index is 0. The van der Waals surface area contributed by atoms with Gasteiger partial charge >= 0.3 is 0 Å². The second-order valence-corrected chi connectivity index (χ2v) is 4.97. The van der Waals surface area contributed by atoms with Gasteiger partial charge in [-0.3, -0.25) is 4.79 Å². The lowest BCUT2D eigenvalue weighted by atomic mass is 10.1. The number of nitrogens with zero attached hydrogens (tertiary/aromatic N) is 2. The highest BCUT2D eigenvalue weighted by molar-refractivity contribution is 5.94. The standard InChI is InChI=1S/C16H20N4O.ClH/c1-20(2)15-5-3-4-14(19-15)11-18-16(21)13-8-6-12(10-17)7-9-13;/h3-9H,10-11,17H2,1-2H3,(H,18,21);1H. The molecule has 0 radical (unpaired) electrons. The summed E-state index contributed by atoms with van der Waals surface area (Å²) in [7, 11) is 3.87. The van der Waals surface area contributed by atoms with Crippen LogP contribution in [-0.4, -0.2) is 25.0 Å². The van der Waals surface area contributed by atoms with Crippen molar-refractivity contribution in [1.82, 2.24) is 10.3 Å². The number of rotatable bonds is 5. The van der Waals surface area contributed by atoms with Crippen LogP contribution in [-0.2, 0) is 13.1 Å². The second kappa shape index (κ2) is 8.36. The van der Waals surface area contributed by atoms with Gasteiger partial charge in [0.2, 0.25) is 0 Å². The Hall–Kier alpha value is -2.11. The van der Waals surface area contributed by atoms with Gasteiger partial charge in [-0.1, -0.05) is 18.2 Å². The first-order valence-corrected chi connectivity index (χ1v) is 6.80. The van der Waals surface area contributed by atoms with Crippen LogP contribution in [0, 0.1) is 0 Å². The molecule has 118 valence electrons. The molecule has 1 aromatic heterocycles. The molecule has 0 bridgehead atoms. The van der Waals surface area contributed by atoms with E-state index in [1.165, 1.54) is 0 Å². The highest BCUT2D eigenvalue weighted by Crippen LogP contribution is 2.08. The molecule has 2 aromatic rings. The topological polar surface area (TPSA) is 71.2 Å². The Labute approximate surface area is 136 Å². The minimum atomic E-state index is -0.115. The summed E-state index contributed by atoms with van der Waals surface area (Å²) >= 11 is 0. The fourth-order valence-corrected chi connectivity index (χ4v) is 1.88. The predicted octanol–water partition coefficient (Wildman–Crippen LogP) is 1.96. The van der Waals surface area contributed by atoms with Crippen LogP contribution in [0.3, 0.4) is 0 Å². The lowest BCUT2D eigenvalue weighted by molar-refractivity contribution is 0.0950. The molecule has 1 amide bonds. The Kier molecular flexibility index (Phi) is 6.82. The number of halogens is 1. The average Bonchev–Trinajstić information content (AvgIpc) is 2.53. The van der Waals surface area contributed by atoms with Crippen LogP contribution in [0.1, 0.15) is 21.6 Å². The van der Waals surface area contributed by atoms with E-state index < -0.39 is 0 Å². The van der Waals surface area contributed by atoms with E-state index in [9.17, 15) is 4.79 Å². The smallest absolute Gasteiger partial charge is 0.251 e. The number of benzene rings is 1. The monoisotopic (exact) mass is 320 g/mol. The van der Waals surface area contributed by atoms with Crippen LogP contribution in [0.25, 0.3) is 0 Å². The molecule has 0 spiro atoms. The molecule has 6 heteroatoms. The third kappa shape index (κ3) is 4.72. The number of nitrogens with one attached hydrogen (secondary N) is 1. The number of hydrogen-bond donors (Lipinski definition) is 2. The van der Waals surface area contributed by atoms with Crippen molar-refractivity contribution >= 4 is 24.1 Å². The fourth-order valence-electron chi connectivity index (χ4n) is 1.88. The molecule has 0 aliphatic heterocycles. The molecular formula is C16H21ClN4O. The molecule has 2 rings (SSSR count). The number of nitrogens with two attached hydrogens (primary N) is 1. The van der Waals surface area contributed by atoms with Gasteiger partial charge in [0.1, 0.15) is 5.82 Å². The highest BCUT2D eigenvalue weighted by Gasteiger charge is 2.06. The Morgan fingerprint density at radius 3 is 2.45 bits per heavy atom. The van der Waals surface area contributed by atoms with Crippen LogP contribution < -0.4 is 16.0 Å². The fraction of sp³-hybridized carbons (Fsp3) is 0.250. The number of anilines is 1. The number of carbonyl (C=O) groups excluding carboxylic acids is 1. The van der Waals surface area contributed by atoms with Gasteiger partial charge in [0.25, 0.3) is 5.91 Å². The zero-order chi connectivity index (χ0) is 15.2. The number of hydrogen-bond acceptors (Lipinski definition) is 4. The van der Waals surface area contributed by atoms with Crippen LogP contribution in [0.5, 0.6) is 0 Å². The summed E-state index contributed by atoms with van der Waals surface area (Å²) in [5.74, 6) is 0.754. The number of carbonyl (C=O) groups is 1. The van der Waals surface area contributed by atoms with E-state index in [-0.39, 0.29) is 18.3 Å². The average molecular weight is 321 g/mol. The van der Waals surface area contributed by atoms with Crippen LogP contribution in [0.4, 0.5) is 5.82 Å². The van der Waals surface area contributed by atoms with E-state index in [0.29, 0.717) is 18.7 Å². The molecule has 0 aliphatic rings. The molecule has 0 unspecified atom stereocenters. The maximum absolute atomic E-state index is 12.1. The van der Waals surface area contributed by atoms with Crippen molar-refractivity contribution in [2.75, 3.05) is 19.0 Å². The first kappa shape index (κ1) is 17.9. The van der Waals surface area contributed by atoms with Crippen LogP contribution >= 0.6 is 12.4 Å². The maximum atomic E-state index is 12.1. The predicted molar refractivity (Wildman–Crippen MR) is 91.3 cm³/mol. The van der Waals surface area contributed by atoms with Gasteiger partial charge in [-0.2, -0.15) is 0 Å². The summed E-state index contributed by atoms with van der Waals surface area (Å²) in [6.07, 6.45) is 0. The molecule has 0 aliphatic carbocycles. The molecular weight excluding hydrogens is 300 g/mol. The quantitative estimate of drug-likeness (QED) is 0.883. The van der Waals surface area contributed by atoms with Gasteiger partial charge < -0.3 is 16.0 Å². The molecule has 0 saturated carbocycles. The van der Waals surface area contributed by atoms with Gasteiger partial charge in [-0.25, -0.2) is 4.98 Å². The normalized spacial score (nSPS) is 9.77. The molecule has 3 N–H and O–H groups in total. The largest absolute Gasteiger partial charge is 0.363 e. The Morgan fingerprint density at radius 1 is 1.18 bits per heavy atom. The van der Waals surface area contributed by atoms with Gasteiger partial charge in [0.15, 0.2) is 0 Å². The van der Waals surface area contributed by atoms with E-state index in [4.69, 9.17) is 5.73 Å². The van der Waals surface area contributed by atoms with E-state index >= 15 is 0 Å². The van der Waals surface area contributed by atoms with Crippen molar-refractivity contribution in [1.29, 1.82) is 0 Å². The van der Waals surface area contributed by atoms with Crippen LogP contribution in [0.15, 0.2) is 42.5 Å². The maximum Gasteiger partial charge on any atom is 0.251 e. The third-order valence-corrected chi connectivity index (χ3v) is 3.13. The summed E-state index contributed by atoms with van der Waals surface area (Å²) in [5, 5.41) is 2.87. The SMILES string of the molecule is CN(C)c1cccc(CNC(=O)c2ccc(CN)cc2)n1.Cl. The Balaban J connectivity index is 0.00000242. The zero-order valence-corrected chi connectivity index (χ0v) is 13.6. The molecule has 0 saturated heterocycles. The van der Waals surface area contributed by atoms with Gasteiger partial charge in [-0.05, 0) is 29.8 Å². The number of aromatic nitrogens is 1. The van der Waals surface area contributed by atoms with E-state index in [2.05, 4.69) is 10.3 Å². The summed E-state index contributed by atoms with van der Waals surface area (Å²) in [5.41, 5.74) is 7.99. The van der Waals surface area contributed by atoms with E-state index in [1.54, 1.807) is 12.1 Å². The summed E-state index contributed by atoms with van der Waals surface area (Å²) in [6, 6.07) is 13.0. The third-order valence-electron chi connectivity index (χ3n) is 3.13. The number of pyridine rings is 1. The second-order valence-electron chi connectivity index (χ2n) is 4.97. The molecule has 1 aromatic carbocycles. The van der Waals surface area contributed by atoms with Gasteiger partial charge in [0.05, 0.1) is 12.2 Å². The van der Waals surface area contributed by atoms with Crippen molar-refractivity contribution in [3.8, 4) is 0 Å². The summed E-state index contributed by atoms with van der Waals surface area (Å²) in [4.78, 5) is 18.4. The van der Waals surface area contributed by atoms with E-state index in [0.717, 1.165) is 17.1 Å². The first-order valence-electron chi connectivity index (χ1n) is 6.80. The molecule has 0 fully saturated rings. The highest BCUT2D eigenvalue weighted by atomic mass is 35.5. The van der Waals surface area contributed by atoms with Crippen LogP contribution in [0.2, 0.25) is 0 Å². The zero-order valence-electron chi connectivity index (χ0n) is 12.7. The molecule has 1 heterocycles. The molecule has 5 nitrogen and oxygen atoms in total. The van der Waals surface area contributed by atoms with Crippen molar-refractivity contribution in [2.24, 2.45) is 5.73 Å². The lowest BCUT2D eigenvalue weighted by Crippen LogP contribution is -2.23. The van der Waals surface area contributed by atoms with Crippen molar-refractivity contribution in [3.05, 3.63) is 59.3 Å². The van der Waals surface area contributed by atoms with E-state index in [1.807, 2.05) is 49.3 Å². The van der Waals surface area contributed by atoms with Crippen molar-refractivity contribution in [2.45, 2.75) is 13.1 Å². The Morgan fingerprint density at radius 2 is 1.86 bits per heavy atom. The Bertz CT molecular complexity index is 614. The van der Waals surface area contributed by atoms with Crippen molar-refractivity contribution < 1.29 is 4.79 Å². The summed E-state index contributed by atoms with van der Waals surface area (Å²) in [6.45, 7) is 0.877. The first-order chi connectivity index (χ1) is 10.1. The minimum Gasteiger partial charge on any atom is -0.363 e. The molecule has 0 atom stereocenters. The summed E-state index contributed by atoms with van der Waals surface area (Å²) < 4.78 is 0. The van der Waals surface area contributed by atoms with Gasteiger partial charge in [-0.15, -0.1) is 12.4 Å². The van der Waals surface area contributed by atoms with Gasteiger partial charge in [0, 0.05) is 26.2 Å². The van der Waals surface area contributed by atoms with Crippen molar-refractivity contribution in [3.63, 3.8) is 0 Å². The lowest BCUT2D eigenvalue weighted by Gasteiger charge is -2.12.